The summed E-state index contributed by atoms with van der Waals surface area (Å²) in [6, 6.07) is 3.44. The molecule has 21 heavy (non-hydrogen) atoms. The first-order valence-electron chi connectivity index (χ1n) is 7.76. The normalized spacial score (nSPS) is 20.5. The molecule has 1 N–H and O–H groups in total. The highest BCUT2D eigenvalue weighted by molar-refractivity contribution is 7.89. The Bertz CT molecular complexity index is 551. The minimum Gasteiger partial charge on any atom is -0.447 e. The number of hydrogen-bond acceptors (Lipinski definition) is 4. The Morgan fingerprint density at radius 1 is 1.43 bits per heavy atom. The maximum Gasteiger partial charge on any atom is 0.276 e. The SMILES string of the molecule is CCC1CCCN1S(=O)(=O)c1ccc(CNCC(C)C)o1. The maximum atomic E-state index is 12.6. The second kappa shape index (κ2) is 6.94. The smallest absolute Gasteiger partial charge is 0.276 e. The molecule has 1 aliphatic heterocycles. The highest BCUT2D eigenvalue weighted by Gasteiger charge is 2.36. The van der Waals surface area contributed by atoms with Crippen LogP contribution in [0.2, 0.25) is 0 Å². The molecule has 0 spiro atoms. The lowest BCUT2D eigenvalue weighted by molar-refractivity contribution is 0.346. The molecule has 1 aromatic heterocycles. The first-order valence-corrected chi connectivity index (χ1v) is 9.20. The number of rotatable bonds is 7. The lowest BCUT2D eigenvalue weighted by atomic mass is 10.2. The molecule has 0 bridgehead atoms. The Labute approximate surface area is 127 Å². The van der Waals surface area contributed by atoms with Gasteiger partial charge in [0.05, 0.1) is 6.54 Å². The van der Waals surface area contributed by atoms with E-state index in [4.69, 9.17) is 4.42 Å². The van der Waals surface area contributed by atoms with Crippen LogP contribution in [0.3, 0.4) is 0 Å². The molecule has 1 fully saturated rings. The van der Waals surface area contributed by atoms with E-state index in [1.807, 2.05) is 6.92 Å². The van der Waals surface area contributed by atoms with Crippen molar-refractivity contribution >= 4 is 10.0 Å². The molecule has 1 aliphatic rings. The third-order valence-electron chi connectivity index (χ3n) is 3.85. The average Bonchev–Trinajstić information content (AvgIpc) is 3.07. The first kappa shape index (κ1) is 16.5. The van der Waals surface area contributed by atoms with Crippen LogP contribution in [0.15, 0.2) is 21.6 Å². The summed E-state index contributed by atoms with van der Waals surface area (Å²) in [5, 5.41) is 3.33. The van der Waals surface area contributed by atoms with Gasteiger partial charge >= 0.3 is 0 Å². The summed E-state index contributed by atoms with van der Waals surface area (Å²) >= 11 is 0. The molecule has 1 unspecified atom stereocenters. The molecule has 6 heteroatoms. The number of hydrogen-bond donors (Lipinski definition) is 1. The van der Waals surface area contributed by atoms with Gasteiger partial charge < -0.3 is 9.73 Å². The molecule has 5 nitrogen and oxygen atoms in total. The van der Waals surface area contributed by atoms with Crippen molar-refractivity contribution in [2.75, 3.05) is 13.1 Å². The van der Waals surface area contributed by atoms with E-state index < -0.39 is 10.0 Å². The summed E-state index contributed by atoms with van der Waals surface area (Å²) in [5.74, 6) is 1.22. The highest BCUT2D eigenvalue weighted by Crippen LogP contribution is 2.28. The molecule has 1 saturated heterocycles. The van der Waals surface area contributed by atoms with E-state index in [0.717, 1.165) is 25.8 Å². The summed E-state index contributed by atoms with van der Waals surface area (Å²) < 4.78 is 32.4. The van der Waals surface area contributed by atoms with Crippen LogP contribution in [-0.4, -0.2) is 31.9 Å². The van der Waals surface area contributed by atoms with Gasteiger partial charge in [-0.05, 0) is 43.9 Å². The van der Waals surface area contributed by atoms with Crippen molar-refractivity contribution in [1.82, 2.24) is 9.62 Å². The van der Waals surface area contributed by atoms with Crippen LogP contribution in [0.1, 0.15) is 45.8 Å². The number of sulfonamides is 1. The van der Waals surface area contributed by atoms with Crippen LogP contribution in [0.25, 0.3) is 0 Å². The van der Waals surface area contributed by atoms with Crippen molar-refractivity contribution in [3.63, 3.8) is 0 Å². The standard InChI is InChI=1S/C15H26N2O3S/c1-4-13-6-5-9-17(13)21(18,19)15-8-7-14(20-15)11-16-10-12(2)3/h7-8,12-13,16H,4-6,9-11H2,1-3H3. The summed E-state index contributed by atoms with van der Waals surface area (Å²) in [6.07, 6.45) is 2.73. The fourth-order valence-electron chi connectivity index (χ4n) is 2.72. The number of furan rings is 1. The lowest BCUT2D eigenvalue weighted by Gasteiger charge is -2.21. The maximum absolute atomic E-state index is 12.6. The van der Waals surface area contributed by atoms with Crippen LogP contribution < -0.4 is 5.32 Å². The molecule has 0 aliphatic carbocycles. The van der Waals surface area contributed by atoms with Crippen molar-refractivity contribution in [2.24, 2.45) is 5.92 Å². The first-order chi connectivity index (χ1) is 9.95. The van der Waals surface area contributed by atoms with Crippen LogP contribution >= 0.6 is 0 Å². The molecule has 0 radical (unpaired) electrons. The van der Waals surface area contributed by atoms with E-state index in [1.165, 1.54) is 0 Å². The highest BCUT2D eigenvalue weighted by atomic mass is 32.2. The zero-order chi connectivity index (χ0) is 15.5. The zero-order valence-electron chi connectivity index (χ0n) is 13.1. The Morgan fingerprint density at radius 2 is 2.19 bits per heavy atom. The van der Waals surface area contributed by atoms with Crippen molar-refractivity contribution in [3.05, 3.63) is 17.9 Å². The molecule has 2 rings (SSSR count). The number of nitrogens with zero attached hydrogens (tertiary/aromatic N) is 1. The van der Waals surface area contributed by atoms with Crippen LogP contribution in [0, 0.1) is 5.92 Å². The minimum absolute atomic E-state index is 0.0733. The van der Waals surface area contributed by atoms with E-state index in [2.05, 4.69) is 19.2 Å². The van der Waals surface area contributed by atoms with Crippen LogP contribution in [0.4, 0.5) is 0 Å². The minimum atomic E-state index is -3.48. The number of nitrogens with one attached hydrogen (secondary N) is 1. The summed E-state index contributed by atoms with van der Waals surface area (Å²) in [7, 11) is -3.48. The molecular formula is C15H26N2O3S. The van der Waals surface area contributed by atoms with Gasteiger partial charge in [-0.1, -0.05) is 20.8 Å². The van der Waals surface area contributed by atoms with Crippen molar-refractivity contribution in [1.29, 1.82) is 0 Å². The summed E-state index contributed by atoms with van der Waals surface area (Å²) in [4.78, 5) is 0. The fraction of sp³-hybridized carbons (Fsp3) is 0.733. The Morgan fingerprint density at radius 3 is 2.86 bits per heavy atom. The average molecular weight is 314 g/mol. The summed E-state index contributed by atoms with van der Waals surface area (Å²) in [6.45, 7) is 8.33. The lowest BCUT2D eigenvalue weighted by Crippen LogP contribution is -2.34. The monoisotopic (exact) mass is 314 g/mol. The van der Waals surface area contributed by atoms with Gasteiger partial charge in [-0.2, -0.15) is 4.31 Å². The van der Waals surface area contributed by atoms with E-state index in [9.17, 15) is 8.42 Å². The Balaban J connectivity index is 2.05. The largest absolute Gasteiger partial charge is 0.447 e. The quantitative estimate of drug-likeness (QED) is 0.840. The second-order valence-electron chi connectivity index (χ2n) is 6.07. The predicted molar refractivity (Wildman–Crippen MR) is 82.5 cm³/mol. The van der Waals surface area contributed by atoms with Gasteiger partial charge in [0, 0.05) is 12.6 Å². The molecule has 1 atom stereocenters. The van der Waals surface area contributed by atoms with Gasteiger partial charge in [-0.15, -0.1) is 0 Å². The van der Waals surface area contributed by atoms with Crippen molar-refractivity contribution in [3.8, 4) is 0 Å². The zero-order valence-corrected chi connectivity index (χ0v) is 13.9. The topological polar surface area (TPSA) is 62.6 Å². The van der Waals surface area contributed by atoms with Gasteiger partial charge in [-0.25, -0.2) is 8.42 Å². The van der Waals surface area contributed by atoms with Gasteiger partial charge in [0.15, 0.2) is 0 Å². The van der Waals surface area contributed by atoms with Crippen molar-refractivity contribution < 1.29 is 12.8 Å². The molecule has 120 valence electrons. The molecule has 0 aromatic carbocycles. The third kappa shape index (κ3) is 3.87. The second-order valence-corrected chi connectivity index (χ2v) is 7.89. The molecule has 1 aromatic rings. The van der Waals surface area contributed by atoms with Crippen LogP contribution in [0.5, 0.6) is 0 Å². The third-order valence-corrected chi connectivity index (χ3v) is 5.67. The molecule has 2 heterocycles. The van der Waals surface area contributed by atoms with Gasteiger partial charge in [0.25, 0.3) is 10.0 Å². The predicted octanol–water partition coefficient (Wildman–Crippen LogP) is 2.59. The van der Waals surface area contributed by atoms with E-state index in [-0.39, 0.29) is 11.1 Å². The summed E-state index contributed by atoms with van der Waals surface area (Å²) in [5.41, 5.74) is 0. The van der Waals surface area contributed by atoms with Crippen molar-refractivity contribution in [2.45, 2.75) is 57.7 Å². The Kier molecular flexibility index (Phi) is 5.46. The van der Waals surface area contributed by atoms with Gasteiger partial charge in [-0.3, -0.25) is 0 Å². The molecular weight excluding hydrogens is 288 g/mol. The Hall–Kier alpha value is -0.850. The van der Waals surface area contributed by atoms with Gasteiger partial charge in [0.2, 0.25) is 5.09 Å². The van der Waals surface area contributed by atoms with E-state index in [0.29, 0.717) is 24.8 Å². The molecule has 0 amide bonds. The molecule has 0 saturated carbocycles. The van der Waals surface area contributed by atoms with E-state index in [1.54, 1.807) is 16.4 Å². The van der Waals surface area contributed by atoms with Gasteiger partial charge in [0.1, 0.15) is 5.76 Å². The van der Waals surface area contributed by atoms with E-state index >= 15 is 0 Å². The fourth-order valence-corrected chi connectivity index (χ4v) is 4.42. The van der Waals surface area contributed by atoms with Crippen LogP contribution in [-0.2, 0) is 16.6 Å².